The number of para-hydroxylation sites is 1. The molecule has 6 nitrogen and oxygen atoms in total. The van der Waals surface area contributed by atoms with Crippen LogP contribution in [0.4, 0.5) is 0 Å². The smallest absolute Gasteiger partial charge is 0.255 e. The molecule has 1 aliphatic rings. The van der Waals surface area contributed by atoms with Gasteiger partial charge in [-0.15, -0.1) is 0 Å². The van der Waals surface area contributed by atoms with Crippen molar-refractivity contribution in [2.45, 2.75) is 30.1 Å². The standard InChI is InChI=1S/C15H20BrN3O3/c16-11-9-13(17-10-11)15(21)19-18-14(20)7-4-8-22-12-5-2-1-3-6-12/h1-3,5-6,11,13,17H,4,7-10H2,(H,18,20)(H,19,21). The summed E-state index contributed by atoms with van der Waals surface area (Å²) in [5, 5.41) is 3.07. The normalized spacial score (nSPS) is 20.4. The SMILES string of the molecule is O=C(CCCOc1ccccc1)NNC(=O)C1CC(Br)CN1. The van der Waals surface area contributed by atoms with Gasteiger partial charge in [0, 0.05) is 17.8 Å². The van der Waals surface area contributed by atoms with E-state index >= 15 is 0 Å². The molecule has 0 bridgehead atoms. The first-order valence-electron chi connectivity index (χ1n) is 7.29. The summed E-state index contributed by atoms with van der Waals surface area (Å²) in [5.41, 5.74) is 4.86. The van der Waals surface area contributed by atoms with Gasteiger partial charge >= 0.3 is 0 Å². The lowest BCUT2D eigenvalue weighted by atomic mass is 10.2. The lowest BCUT2D eigenvalue weighted by Gasteiger charge is -2.12. The number of carbonyl (C=O) groups is 2. The third-order valence-corrected chi connectivity index (χ3v) is 3.98. The van der Waals surface area contributed by atoms with Crippen molar-refractivity contribution in [3.8, 4) is 5.75 Å². The van der Waals surface area contributed by atoms with Crippen LogP contribution >= 0.6 is 15.9 Å². The van der Waals surface area contributed by atoms with E-state index in [9.17, 15) is 9.59 Å². The highest BCUT2D eigenvalue weighted by molar-refractivity contribution is 9.09. The molecule has 3 N–H and O–H groups in total. The lowest BCUT2D eigenvalue weighted by molar-refractivity contribution is -0.129. The van der Waals surface area contributed by atoms with Crippen LogP contribution in [0.3, 0.4) is 0 Å². The van der Waals surface area contributed by atoms with E-state index in [2.05, 4.69) is 32.1 Å². The summed E-state index contributed by atoms with van der Waals surface area (Å²) in [6.07, 6.45) is 1.60. The molecule has 0 aliphatic carbocycles. The monoisotopic (exact) mass is 369 g/mol. The molecule has 2 atom stereocenters. The molecule has 0 aromatic heterocycles. The zero-order chi connectivity index (χ0) is 15.8. The first-order valence-corrected chi connectivity index (χ1v) is 8.20. The fourth-order valence-electron chi connectivity index (χ4n) is 2.11. The second kappa shape index (κ2) is 8.75. The Balaban J connectivity index is 1.55. The number of alkyl halides is 1. The van der Waals surface area contributed by atoms with Gasteiger partial charge in [0.15, 0.2) is 0 Å². The van der Waals surface area contributed by atoms with Gasteiger partial charge in [0.2, 0.25) is 5.91 Å². The molecule has 0 saturated carbocycles. The molecule has 2 amide bonds. The number of rotatable bonds is 6. The third-order valence-electron chi connectivity index (χ3n) is 3.28. The second-order valence-electron chi connectivity index (χ2n) is 5.10. The van der Waals surface area contributed by atoms with Gasteiger partial charge in [-0.3, -0.25) is 20.4 Å². The molecule has 1 saturated heterocycles. The third kappa shape index (κ3) is 5.65. The fraction of sp³-hybridized carbons (Fsp3) is 0.467. The number of hydrogen-bond acceptors (Lipinski definition) is 4. The molecule has 0 radical (unpaired) electrons. The van der Waals surface area contributed by atoms with Gasteiger partial charge in [-0.1, -0.05) is 34.1 Å². The van der Waals surface area contributed by atoms with Crippen LogP contribution in [-0.2, 0) is 9.59 Å². The Kier molecular flexibility index (Phi) is 6.67. The Morgan fingerprint density at radius 2 is 2.05 bits per heavy atom. The maximum absolute atomic E-state index is 11.8. The summed E-state index contributed by atoms with van der Waals surface area (Å²) in [5.74, 6) is 0.349. The Labute approximate surface area is 138 Å². The van der Waals surface area contributed by atoms with Crippen LogP contribution in [0.2, 0.25) is 0 Å². The molecule has 1 heterocycles. The molecule has 120 valence electrons. The van der Waals surface area contributed by atoms with Gasteiger partial charge in [-0.2, -0.15) is 0 Å². The molecule has 1 aromatic rings. The quantitative estimate of drug-likeness (QED) is 0.398. The van der Waals surface area contributed by atoms with Crippen LogP contribution < -0.4 is 20.9 Å². The van der Waals surface area contributed by atoms with Crippen LogP contribution in [0, 0.1) is 0 Å². The van der Waals surface area contributed by atoms with E-state index in [0.717, 1.165) is 12.3 Å². The van der Waals surface area contributed by atoms with Crippen molar-refractivity contribution >= 4 is 27.7 Å². The zero-order valence-electron chi connectivity index (χ0n) is 12.2. The zero-order valence-corrected chi connectivity index (χ0v) is 13.8. The predicted octanol–water partition coefficient (Wildman–Crippen LogP) is 1.12. The average molecular weight is 370 g/mol. The molecule has 1 aliphatic heterocycles. The molecule has 22 heavy (non-hydrogen) atoms. The number of nitrogens with one attached hydrogen (secondary N) is 3. The number of halogens is 1. The first kappa shape index (κ1) is 16.8. The van der Waals surface area contributed by atoms with E-state index in [-0.39, 0.29) is 17.9 Å². The molecule has 1 aromatic carbocycles. The van der Waals surface area contributed by atoms with E-state index in [1.54, 1.807) is 0 Å². The Bertz CT molecular complexity index is 498. The molecular weight excluding hydrogens is 350 g/mol. The van der Waals surface area contributed by atoms with Crippen molar-refractivity contribution in [1.82, 2.24) is 16.2 Å². The van der Waals surface area contributed by atoms with Crippen molar-refractivity contribution < 1.29 is 14.3 Å². The highest BCUT2D eigenvalue weighted by Crippen LogP contribution is 2.14. The number of carbonyl (C=O) groups excluding carboxylic acids is 2. The van der Waals surface area contributed by atoms with Crippen molar-refractivity contribution in [2.75, 3.05) is 13.2 Å². The van der Waals surface area contributed by atoms with Crippen LogP contribution in [0.15, 0.2) is 30.3 Å². The van der Waals surface area contributed by atoms with Gasteiger partial charge in [0.05, 0.1) is 12.6 Å². The summed E-state index contributed by atoms with van der Waals surface area (Å²) >= 11 is 3.44. The second-order valence-corrected chi connectivity index (χ2v) is 6.39. The molecule has 2 unspecified atom stereocenters. The molecule has 2 rings (SSSR count). The van der Waals surface area contributed by atoms with Crippen molar-refractivity contribution in [2.24, 2.45) is 0 Å². The average Bonchev–Trinajstić information content (AvgIpc) is 2.97. The van der Waals surface area contributed by atoms with Gasteiger partial charge in [-0.25, -0.2) is 0 Å². The maximum Gasteiger partial charge on any atom is 0.255 e. The molecular formula is C15H20BrN3O3. The summed E-state index contributed by atoms with van der Waals surface area (Å²) < 4.78 is 5.49. The summed E-state index contributed by atoms with van der Waals surface area (Å²) in [6.45, 7) is 1.21. The molecule has 1 fully saturated rings. The number of hydrazine groups is 1. The minimum Gasteiger partial charge on any atom is -0.494 e. The van der Waals surface area contributed by atoms with Crippen LogP contribution in [-0.4, -0.2) is 35.8 Å². The van der Waals surface area contributed by atoms with Gasteiger partial charge < -0.3 is 10.1 Å². The fourth-order valence-corrected chi connectivity index (χ4v) is 2.67. The Morgan fingerprint density at radius 1 is 1.27 bits per heavy atom. The number of ether oxygens (including phenoxy) is 1. The number of hydrogen-bond donors (Lipinski definition) is 3. The van der Waals surface area contributed by atoms with Gasteiger partial charge in [0.1, 0.15) is 5.75 Å². The van der Waals surface area contributed by atoms with Gasteiger partial charge in [0.25, 0.3) is 5.91 Å². The highest BCUT2D eigenvalue weighted by atomic mass is 79.9. The van der Waals surface area contributed by atoms with Crippen LogP contribution in [0.1, 0.15) is 19.3 Å². The number of amides is 2. The summed E-state index contributed by atoms with van der Waals surface area (Å²) in [4.78, 5) is 23.7. The number of benzene rings is 1. The van der Waals surface area contributed by atoms with E-state index in [4.69, 9.17) is 4.74 Å². The van der Waals surface area contributed by atoms with Crippen LogP contribution in [0.25, 0.3) is 0 Å². The van der Waals surface area contributed by atoms with Gasteiger partial charge in [-0.05, 0) is 25.0 Å². The van der Waals surface area contributed by atoms with E-state index in [1.807, 2.05) is 30.3 Å². The van der Waals surface area contributed by atoms with E-state index in [0.29, 0.717) is 30.7 Å². The summed E-state index contributed by atoms with van der Waals surface area (Å²) in [7, 11) is 0. The first-order chi connectivity index (χ1) is 10.6. The van der Waals surface area contributed by atoms with Crippen LogP contribution in [0.5, 0.6) is 5.75 Å². The highest BCUT2D eigenvalue weighted by Gasteiger charge is 2.27. The van der Waals surface area contributed by atoms with Crippen molar-refractivity contribution in [1.29, 1.82) is 0 Å². The lowest BCUT2D eigenvalue weighted by Crippen LogP contribution is -2.49. The topological polar surface area (TPSA) is 79.5 Å². The molecule has 7 heteroatoms. The Hall–Kier alpha value is -1.60. The Morgan fingerprint density at radius 3 is 2.73 bits per heavy atom. The molecule has 0 spiro atoms. The maximum atomic E-state index is 11.8. The largest absolute Gasteiger partial charge is 0.494 e. The van der Waals surface area contributed by atoms with Crippen molar-refractivity contribution in [3.63, 3.8) is 0 Å². The predicted molar refractivity (Wildman–Crippen MR) is 86.6 cm³/mol. The minimum absolute atomic E-state index is 0.212. The van der Waals surface area contributed by atoms with E-state index < -0.39 is 0 Å². The van der Waals surface area contributed by atoms with Crippen molar-refractivity contribution in [3.05, 3.63) is 30.3 Å². The summed E-state index contributed by atoms with van der Waals surface area (Å²) in [6, 6.07) is 9.18. The van der Waals surface area contributed by atoms with E-state index in [1.165, 1.54) is 0 Å². The minimum atomic E-state index is -0.258.